The maximum Gasteiger partial charge on any atom is 0.358 e. The summed E-state index contributed by atoms with van der Waals surface area (Å²) in [7, 11) is 0. The van der Waals surface area contributed by atoms with E-state index < -0.39 is 5.97 Å². The summed E-state index contributed by atoms with van der Waals surface area (Å²) >= 11 is 11.7. The molecule has 0 aliphatic heterocycles. The largest absolute Gasteiger partial charge is 0.461 e. The van der Waals surface area contributed by atoms with Gasteiger partial charge in [0.15, 0.2) is 16.5 Å². The standard InChI is InChI=1S/C15H15Cl2N5O3/c1-2-25-15(24)11-9(19-7-20-11)6-22(8-3-4-8)14(23)12-13(17)21-10(16)5-18-12/h5,7-8H,2-4,6H2,1H3,(H,19,20). The first kappa shape index (κ1) is 17.6. The Balaban J connectivity index is 1.84. The van der Waals surface area contributed by atoms with Crippen LogP contribution in [0, 0.1) is 0 Å². The zero-order valence-corrected chi connectivity index (χ0v) is 14.8. The second-order valence-electron chi connectivity index (χ2n) is 5.45. The van der Waals surface area contributed by atoms with Gasteiger partial charge in [0, 0.05) is 6.04 Å². The van der Waals surface area contributed by atoms with Crippen molar-refractivity contribution in [1.82, 2.24) is 24.8 Å². The van der Waals surface area contributed by atoms with Gasteiger partial charge in [-0.3, -0.25) is 4.79 Å². The molecule has 1 aliphatic carbocycles. The Hall–Kier alpha value is -2.19. The minimum atomic E-state index is -0.536. The van der Waals surface area contributed by atoms with Crippen molar-refractivity contribution >= 4 is 35.1 Å². The molecule has 25 heavy (non-hydrogen) atoms. The van der Waals surface area contributed by atoms with Crippen molar-refractivity contribution in [3.05, 3.63) is 39.9 Å². The molecule has 0 spiro atoms. The number of amides is 1. The van der Waals surface area contributed by atoms with E-state index in [2.05, 4.69) is 19.9 Å². The van der Waals surface area contributed by atoms with Crippen molar-refractivity contribution in [2.24, 2.45) is 0 Å². The number of nitrogens with zero attached hydrogens (tertiary/aromatic N) is 4. The zero-order valence-electron chi connectivity index (χ0n) is 13.3. The fourth-order valence-corrected chi connectivity index (χ4v) is 2.76. The molecule has 10 heteroatoms. The lowest BCUT2D eigenvalue weighted by Gasteiger charge is -2.22. The molecule has 8 nitrogen and oxygen atoms in total. The van der Waals surface area contributed by atoms with E-state index in [-0.39, 0.29) is 46.8 Å². The third-order valence-corrected chi connectivity index (χ3v) is 4.11. The molecule has 0 bridgehead atoms. The Morgan fingerprint density at radius 2 is 2.08 bits per heavy atom. The second-order valence-corrected chi connectivity index (χ2v) is 6.19. The highest BCUT2D eigenvalue weighted by Gasteiger charge is 2.36. The predicted molar refractivity (Wildman–Crippen MR) is 89.5 cm³/mol. The number of halogens is 2. The molecule has 1 aliphatic rings. The molecule has 0 unspecified atom stereocenters. The van der Waals surface area contributed by atoms with Crippen LogP contribution >= 0.6 is 23.2 Å². The number of hydrogen-bond donors (Lipinski definition) is 1. The van der Waals surface area contributed by atoms with Gasteiger partial charge in [-0.1, -0.05) is 23.2 Å². The number of aromatic amines is 1. The van der Waals surface area contributed by atoms with Gasteiger partial charge in [-0.2, -0.15) is 0 Å². The number of carbonyl (C=O) groups is 2. The summed E-state index contributed by atoms with van der Waals surface area (Å²) in [5.41, 5.74) is 0.681. The van der Waals surface area contributed by atoms with E-state index in [0.717, 1.165) is 12.8 Å². The Kier molecular flexibility index (Phi) is 5.19. The van der Waals surface area contributed by atoms with Gasteiger partial charge < -0.3 is 14.6 Å². The highest BCUT2D eigenvalue weighted by molar-refractivity contribution is 6.34. The molecule has 2 heterocycles. The maximum absolute atomic E-state index is 12.8. The lowest BCUT2D eigenvalue weighted by atomic mass is 10.2. The highest BCUT2D eigenvalue weighted by Crippen LogP contribution is 2.30. The molecule has 0 saturated heterocycles. The monoisotopic (exact) mass is 383 g/mol. The first-order chi connectivity index (χ1) is 12.0. The van der Waals surface area contributed by atoms with Gasteiger partial charge >= 0.3 is 5.97 Å². The molecule has 132 valence electrons. The number of ether oxygens (including phenoxy) is 1. The molecule has 0 radical (unpaired) electrons. The van der Waals surface area contributed by atoms with Crippen molar-refractivity contribution in [2.45, 2.75) is 32.4 Å². The Labute approximate surface area is 153 Å². The van der Waals surface area contributed by atoms with Crippen molar-refractivity contribution in [1.29, 1.82) is 0 Å². The number of imidazole rings is 1. The van der Waals surface area contributed by atoms with E-state index in [4.69, 9.17) is 27.9 Å². The van der Waals surface area contributed by atoms with Crippen LogP contribution in [0.5, 0.6) is 0 Å². The van der Waals surface area contributed by atoms with Gasteiger partial charge in [-0.15, -0.1) is 0 Å². The van der Waals surface area contributed by atoms with Crippen LogP contribution in [-0.4, -0.2) is 49.4 Å². The van der Waals surface area contributed by atoms with Crippen LogP contribution in [0.25, 0.3) is 0 Å². The molecule has 0 atom stereocenters. The summed E-state index contributed by atoms with van der Waals surface area (Å²) in [6.07, 6.45) is 4.40. The number of hydrogen-bond acceptors (Lipinski definition) is 6. The van der Waals surface area contributed by atoms with E-state index in [9.17, 15) is 9.59 Å². The van der Waals surface area contributed by atoms with Crippen LogP contribution in [0.2, 0.25) is 10.3 Å². The van der Waals surface area contributed by atoms with E-state index in [1.54, 1.807) is 11.8 Å². The summed E-state index contributed by atoms with van der Waals surface area (Å²) < 4.78 is 4.98. The quantitative estimate of drug-likeness (QED) is 0.768. The number of rotatable bonds is 6. The minimum absolute atomic E-state index is 0.0233. The van der Waals surface area contributed by atoms with Gasteiger partial charge in [0.2, 0.25) is 0 Å². The van der Waals surface area contributed by atoms with Crippen LogP contribution in [0.15, 0.2) is 12.5 Å². The molecule has 1 saturated carbocycles. The predicted octanol–water partition coefficient (Wildman–Crippen LogP) is 2.49. The minimum Gasteiger partial charge on any atom is -0.461 e. The van der Waals surface area contributed by atoms with Gasteiger partial charge in [0.25, 0.3) is 5.91 Å². The summed E-state index contributed by atoms with van der Waals surface area (Å²) in [5, 5.41) is 0.0519. The van der Waals surface area contributed by atoms with Crippen LogP contribution in [0.1, 0.15) is 46.4 Å². The van der Waals surface area contributed by atoms with Crippen LogP contribution in [0.3, 0.4) is 0 Å². The van der Waals surface area contributed by atoms with Gasteiger partial charge in [0.1, 0.15) is 5.15 Å². The molecule has 1 N–H and O–H groups in total. The smallest absolute Gasteiger partial charge is 0.358 e. The molecule has 3 rings (SSSR count). The second kappa shape index (κ2) is 7.37. The number of carbonyl (C=O) groups excluding carboxylic acids is 2. The van der Waals surface area contributed by atoms with E-state index >= 15 is 0 Å². The van der Waals surface area contributed by atoms with Crippen molar-refractivity contribution < 1.29 is 14.3 Å². The van der Waals surface area contributed by atoms with Crippen molar-refractivity contribution in [2.75, 3.05) is 6.61 Å². The van der Waals surface area contributed by atoms with E-state index in [1.807, 2.05) is 0 Å². The molecule has 2 aromatic heterocycles. The normalized spacial score (nSPS) is 13.6. The van der Waals surface area contributed by atoms with E-state index in [1.165, 1.54) is 12.5 Å². The lowest BCUT2D eigenvalue weighted by Crippen LogP contribution is -2.34. The summed E-state index contributed by atoms with van der Waals surface area (Å²) in [4.78, 5) is 41.1. The Morgan fingerprint density at radius 1 is 1.32 bits per heavy atom. The van der Waals surface area contributed by atoms with E-state index in [0.29, 0.717) is 5.69 Å². The van der Waals surface area contributed by atoms with Crippen LogP contribution in [0.4, 0.5) is 0 Å². The Morgan fingerprint density at radius 3 is 2.72 bits per heavy atom. The summed E-state index contributed by atoms with van der Waals surface area (Å²) in [5.74, 6) is -0.910. The highest BCUT2D eigenvalue weighted by atomic mass is 35.5. The summed E-state index contributed by atoms with van der Waals surface area (Å²) in [6, 6.07) is 0.0550. The first-order valence-corrected chi connectivity index (χ1v) is 8.45. The number of H-pyrrole nitrogens is 1. The molecule has 1 fully saturated rings. The van der Waals surface area contributed by atoms with Crippen LogP contribution in [-0.2, 0) is 11.3 Å². The topological polar surface area (TPSA) is 101 Å². The summed E-state index contributed by atoms with van der Waals surface area (Å²) in [6.45, 7) is 2.12. The molecule has 2 aromatic rings. The number of esters is 1. The third kappa shape index (κ3) is 3.91. The molecular formula is C15H15Cl2N5O3. The number of nitrogens with one attached hydrogen (secondary N) is 1. The lowest BCUT2D eigenvalue weighted by molar-refractivity contribution is 0.0514. The first-order valence-electron chi connectivity index (χ1n) is 7.69. The molecule has 1 amide bonds. The fourth-order valence-electron chi connectivity index (χ4n) is 2.37. The molecular weight excluding hydrogens is 369 g/mol. The number of aromatic nitrogens is 4. The zero-order chi connectivity index (χ0) is 18.0. The van der Waals surface area contributed by atoms with Crippen LogP contribution < -0.4 is 0 Å². The van der Waals surface area contributed by atoms with Gasteiger partial charge in [0.05, 0.1) is 31.4 Å². The van der Waals surface area contributed by atoms with Crippen molar-refractivity contribution in [3.8, 4) is 0 Å². The maximum atomic E-state index is 12.8. The Bertz CT molecular complexity index is 806. The average Bonchev–Trinajstić information content (AvgIpc) is 3.30. The fraction of sp³-hybridized carbons (Fsp3) is 0.400. The molecule has 0 aromatic carbocycles. The SMILES string of the molecule is CCOC(=O)c1nc[nH]c1CN(C(=O)c1ncc(Cl)nc1Cl)C1CC1. The average molecular weight is 384 g/mol. The van der Waals surface area contributed by atoms with Gasteiger partial charge in [-0.25, -0.2) is 19.7 Å². The van der Waals surface area contributed by atoms with Gasteiger partial charge in [-0.05, 0) is 19.8 Å². The third-order valence-electron chi connectivity index (χ3n) is 3.67. The van der Waals surface area contributed by atoms with Crippen molar-refractivity contribution in [3.63, 3.8) is 0 Å².